The van der Waals surface area contributed by atoms with Gasteiger partial charge in [0.15, 0.2) is 0 Å². The summed E-state index contributed by atoms with van der Waals surface area (Å²) in [5.74, 6) is 6.64. The van der Waals surface area contributed by atoms with E-state index < -0.39 is 0 Å². The predicted molar refractivity (Wildman–Crippen MR) is 144 cm³/mol. The number of para-hydroxylation sites is 2. The molecular weight excluding hydrogens is 418 g/mol. The third-order valence-corrected chi connectivity index (χ3v) is 6.92. The molecule has 0 atom stereocenters. The lowest BCUT2D eigenvalue weighted by Crippen LogP contribution is -2.06. The largest absolute Gasteiger partial charge is 0.456 e. The number of aromatic nitrogens is 2. The lowest BCUT2D eigenvalue weighted by atomic mass is 10.1. The molecular formula is C30H23N3O. The second-order valence-electron chi connectivity index (χ2n) is 8.77. The SMILES string of the molecule is C/C=C\C=C/Cn1c2ccccc2c2cc3c(cc21)oc1ccc2c4ccccc4n(N)c2c13. The Balaban J connectivity index is 1.61. The molecule has 0 spiro atoms. The molecule has 0 fully saturated rings. The molecule has 7 rings (SSSR count). The average Bonchev–Trinajstić information content (AvgIpc) is 3.48. The molecule has 7 aromatic rings. The van der Waals surface area contributed by atoms with Crippen LogP contribution in [0.1, 0.15) is 6.92 Å². The highest BCUT2D eigenvalue weighted by atomic mass is 16.3. The normalized spacial score (nSPS) is 12.9. The lowest BCUT2D eigenvalue weighted by Gasteiger charge is -2.03. The molecule has 0 aliphatic rings. The van der Waals surface area contributed by atoms with E-state index >= 15 is 0 Å². The van der Waals surface area contributed by atoms with Crippen molar-refractivity contribution in [3.8, 4) is 0 Å². The standard InChI is InChI=1S/C30H23N3O/c1-2-3-4-9-16-32-24-12-7-5-11-20(24)22-17-23-28(18-26(22)32)34-27-15-14-21-19-10-6-8-13-25(19)33(31)30(21)29(23)27/h2-15,17-18H,16,31H2,1H3/b3-2-,9-4-. The van der Waals surface area contributed by atoms with Crippen molar-refractivity contribution in [2.45, 2.75) is 13.5 Å². The van der Waals surface area contributed by atoms with Gasteiger partial charge in [0.25, 0.3) is 0 Å². The van der Waals surface area contributed by atoms with Crippen molar-refractivity contribution < 1.29 is 4.42 Å². The molecule has 0 bridgehead atoms. The maximum absolute atomic E-state index is 6.64. The summed E-state index contributed by atoms with van der Waals surface area (Å²) in [6.45, 7) is 2.82. The summed E-state index contributed by atoms with van der Waals surface area (Å²) in [4.78, 5) is 0. The highest BCUT2D eigenvalue weighted by Gasteiger charge is 2.19. The van der Waals surface area contributed by atoms with Gasteiger partial charge in [-0.3, -0.25) is 4.68 Å². The van der Waals surface area contributed by atoms with Crippen LogP contribution in [0, 0.1) is 0 Å². The van der Waals surface area contributed by atoms with E-state index in [9.17, 15) is 0 Å². The molecule has 0 radical (unpaired) electrons. The number of nitrogens with two attached hydrogens (primary N) is 1. The van der Waals surface area contributed by atoms with Gasteiger partial charge in [-0.05, 0) is 37.3 Å². The molecule has 0 aliphatic heterocycles. The van der Waals surface area contributed by atoms with Crippen molar-refractivity contribution in [3.63, 3.8) is 0 Å². The quantitative estimate of drug-likeness (QED) is 0.226. The van der Waals surface area contributed by atoms with Crippen LogP contribution in [0.15, 0.2) is 102 Å². The van der Waals surface area contributed by atoms with Crippen LogP contribution in [0.3, 0.4) is 0 Å². The number of fused-ring (bicyclic) bond motifs is 10. The molecule has 0 saturated heterocycles. The van der Waals surface area contributed by atoms with Crippen LogP contribution >= 0.6 is 0 Å². The molecule has 4 nitrogen and oxygen atoms in total. The summed E-state index contributed by atoms with van der Waals surface area (Å²) in [7, 11) is 0. The van der Waals surface area contributed by atoms with Gasteiger partial charge in [0.2, 0.25) is 0 Å². The Kier molecular flexibility index (Phi) is 3.94. The van der Waals surface area contributed by atoms with Gasteiger partial charge >= 0.3 is 0 Å². The van der Waals surface area contributed by atoms with E-state index in [0.29, 0.717) is 0 Å². The van der Waals surface area contributed by atoms with Gasteiger partial charge in [-0.15, -0.1) is 0 Å². The Morgan fingerprint density at radius 1 is 0.735 bits per heavy atom. The summed E-state index contributed by atoms with van der Waals surface area (Å²) in [6.07, 6.45) is 8.38. The molecule has 2 N–H and O–H groups in total. The number of furan rings is 1. The number of nitrogens with zero attached hydrogens (tertiary/aromatic N) is 2. The lowest BCUT2D eigenvalue weighted by molar-refractivity contribution is 0.669. The Hall–Kier alpha value is -4.44. The number of allylic oxidation sites excluding steroid dienone is 4. The zero-order valence-electron chi connectivity index (χ0n) is 18.8. The van der Waals surface area contributed by atoms with E-state index in [-0.39, 0.29) is 0 Å². The number of nitrogen functional groups attached to an aromatic ring is 1. The number of rotatable bonds is 3. The summed E-state index contributed by atoms with van der Waals surface area (Å²) in [5.41, 5.74) is 6.15. The summed E-state index contributed by atoms with van der Waals surface area (Å²) in [6, 6.07) is 25.5. The third kappa shape index (κ3) is 2.48. The van der Waals surface area contributed by atoms with Crippen LogP contribution in [-0.2, 0) is 6.54 Å². The van der Waals surface area contributed by atoms with Gasteiger partial charge in [0.05, 0.1) is 21.9 Å². The van der Waals surface area contributed by atoms with E-state index in [1.54, 1.807) is 0 Å². The smallest absolute Gasteiger partial charge is 0.137 e. The Morgan fingerprint density at radius 3 is 2.32 bits per heavy atom. The van der Waals surface area contributed by atoms with Crippen molar-refractivity contribution in [2.75, 3.05) is 5.84 Å². The van der Waals surface area contributed by atoms with Gasteiger partial charge in [-0.25, -0.2) is 0 Å². The van der Waals surface area contributed by atoms with Gasteiger partial charge in [0.1, 0.15) is 11.2 Å². The predicted octanol–water partition coefficient (Wildman–Crippen LogP) is 7.65. The minimum absolute atomic E-state index is 0.793. The molecule has 164 valence electrons. The number of hydrogen-bond acceptors (Lipinski definition) is 2. The second kappa shape index (κ2) is 7.03. The van der Waals surface area contributed by atoms with E-state index in [1.807, 2.05) is 23.7 Å². The third-order valence-electron chi connectivity index (χ3n) is 6.92. The highest BCUT2D eigenvalue weighted by molar-refractivity contribution is 6.26. The van der Waals surface area contributed by atoms with Crippen LogP contribution in [-0.4, -0.2) is 9.24 Å². The van der Waals surface area contributed by atoms with Gasteiger partial charge in [-0.1, -0.05) is 60.7 Å². The molecule has 0 amide bonds. The zero-order chi connectivity index (χ0) is 22.8. The fourth-order valence-electron chi connectivity index (χ4n) is 5.44. The van der Waals surface area contributed by atoms with E-state index in [0.717, 1.165) is 50.3 Å². The molecule has 0 unspecified atom stereocenters. The van der Waals surface area contributed by atoms with Crippen LogP contribution < -0.4 is 5.84 Å². The fourth-order valence-corrected chi connectivity index (χ4v) is 5.44. The molecule has 3 aromatic heterocycles. The van der Waals surface area contributed by atoms with Crippen LogP contribution in [0.5, 0.6) is 0 Å². The summed E-state index contributed by atoms with van der Waals surface area (Å²) < 4.78 is 10.6. The monoisotopic (exact) mass is 441 g/mol. The van der Waals surface area contributed by atoms with Gasteiger partial charge in [0, 0.05) is 45.1 Å². The van der Waals surface area contributed by atoms with Gasteiger partial charge in [-0.2, -0.15) is 0 Å². The fraction of sp³-hybridized carbons (Fsp3) is 0.0667. The molecule has 34 heavy (non-hydrogen) atoms. The minimum atomic E-state index is 0.793. The summed E-state index contributed by atoms with van der Waals surface area (Å²) >= 11 is 0. The second-order valence-corrected chi connectivity index (χ2v) is 8.77. The van der Waals surface area contributed by atoms with Crippen molar-refractivity contribution in [3.05, 3.63) is 97.1 Å². The first-order valence-corrected chi connectivity index (χ1v) is 11.6. The average molecular weight is 442 g/mol. The van der Waals surface area contributed by atoms with E-state index in [1.165, 1.54) is 21.8 Å². The van der Waals surface area contributed by atoms with E-state index in [4.69, 9.17) is 10.3 Å². The Morgan fingerprint density at radius 2 is 1.50 bits per heavy atom. The first kappa shape index (κ1) is 19.1. The van der Waals surface area contributed by atoms with Crippen molar-refractivity contribution in [1.29, 1.82) is 0 Å². The van der Waals surface area contributed by atoms with E-state index in [2.05, 4.69) is 89.5 Å². The molecule has 4 aromatic carbocycles. The first-order chi connectivity index (χ1) is 16.8. The molecule has 0 aliphatic carbocycles. The Bertz CT molecular complexity index is 1960. The minimum Gasteiger partial charge on any atom is -0.456 e. The topological polar surface area (TPSA) is 49.0 Å². The summed E-state index contributed by atoms with van der Waals surface area (Å²) in [5, 5.41) is 6.93. The highest BCUT2D eigenvalue weighted by Crippen LogP contribution is 2.41. The van der Waals surface area contributed by atoms with Crippen LogP contribution in [0.2, 0.25) is 0 Å². The van der Waals surface area contributed by atoms with Crippen LogP contribution in [0.25, 0.3) is 65.6 Å². The first-order valence-electron chi connectivity index (χ1n) is 11.6. The maximum atomic E-state index is 6.64. The molecule has 0 saturated carbocycles. The van der Waals surface area contributed by atoms with Crippen molar-refractivity contribution in [1.82, 2.24) is 9.24 Å². The number of benzene rings is 4. The van der Waals surface area contributed by atoms with Gasteiger partial charge < -0.3 is 14.8 Å². The molecule has 4 heteroatoms. The van der Waals surface area contributed by atoms with Crippen LogP contribution in [0.4, 0.5) is 0 Å². The molecule has 3 heterocycles. The van der Waals surface area contributed by atoms with Crippen molar-refractivity contribution >= 4 is 65.6 Å². The number of hydrogen-bond donors (Lipinski definition) is 1. The van der Waals surface area contributed by atoms with Crippen molar-refractivity contribution in [2.24, 2.45) is 0 Å². The maximum Gasteiger partial charge on any atom is 0.137 e. The zero-order valence-corrected chi connectivity index (χ0v) is 18.8. The Labute approximate surface area is 195 Å².